The van der Waals surface area contributed by atoms with Crippen LogP contribution in [-0.4, -0.2) is 79.4 Å². The zero-order chi connectivity index (χ0) is 32.7. The highest BCUT2D eigenvalue weighted by Crippen LogP contribution is 2.32. The fourth-order valence-corrected chi connectivity index (χ4v) is 5.92. The third kappa shape index (κ3) is 5.79. The molecule has 0 aliphatic carbocycles. The van der Waals surface area contributed by atoms with Crippen molar-refractivity contribution in [3.63, 3.8) is 0 Å². The third-order valence-electron chi connectivity index (χ3n) is 8.37. The molecule has 4 aromatic rings. The number of aromatic nitrogens is 6. The number of benzene rings is 1. The summed E-state index contributed by atoms with van der Waals surface area (Å²) in [6.45, 7) is 5.90. The van der Waals surface area contributed by atoms with Crippen molar-refractivity contribution in [2.75, 3.05) is 54.5 Å². The quantitative estimate of drug-likeness (QED) is 0.312. The Morgan fingerprint density at radius 2 is 1.89 bits per heavy atom. The molecule has 13 nitrogen and oxygen atoms in total. The predicted octanol–water partition coefficient (Wildman–Crippen LogP) is 2.99. The van der Waals surface area contributed by atoms with Gasteiger partial charge in [-0.2, -0.15) is 27.8 Å². The number of piperazine rings is 1. The highest BCUT2D eigenvalue weighted by atomic mass is 19.4. The molecule has 1 saturated heterocycles. The van der Waals surface area contributed by atoms with Gasteiger partial charge in [-0.25, -0.2) is 4.68 Å². The van der Waals surface area contributed by atoms with Crippen molar-refractivity contribution >= 4 is 34.3 Å². The van der Waals surface area contributed by atoms with Crippen LogP contribution in [0, 0.1) is 6.92 Å². The first kappa shape index (κ1) is 31.1. The highest BCUT2D eigenvalue weighted by Gasteiger charge is 2.31. The van der Waals surface area contributed by atoms with E-state index in [0.29, 0.717) is 75.1 Å². The molecule has 6 rings (SSSR count). The Morgan fingerprint density at radius 1 is 1.15 bits per heavy atom. The molecule has 46 heavy (non-hydrogen) atoms. The van der Waals surface area contributed by atoms with Gasteiger partial charge in [0.2, 0.25) is 17.6 Å². The van der Waals surface area contributed by atoms with Gasteiger partial charge in [-0.1, -0.05) is 13.0 Å². The van der Waals surface area contributed by atoms with E-state index in [1.54, 1.807) is 17.8 Å². The van der Waals surface area contributed by atoms with Crippen LogP contribution in [-0.2, 0) is 35.7 Å². The molecular weight excluding hydrogens is 607 g/mol. The second-order valence-electron chi connectivity index (χ2n) is 11.3. The van der Waals surface area contributed by atoms with Crippen LogP contribution in [0.25, 0.3) is 11.4 Å². The molecule has 1 fully saturated rings. The predicted molar refractivity (Wildman–Crippen MR) is 164 cm³/mol. The normalized spacial score (nSPS) is 15.8. The number of aromatic hydroxyl groups is 1. The number of hydrogen-bond acceptors (Lipinski definition) is 9. The maximum atomic E-state index is 14.1. The number of carbonyl (C=O) groups is 1. The Bertz CT molecular complexity index is 1880. The van der Waals surface area contributed by atoms with E-state index in [4.69, 9.17) is 9.72 Å². The standard InChI is InChI=1S/C30H34F3N9O4/c1-4-22-25(40-11-9-39(10-12-40)23-16-34-38(3)27(23)44)28(45)42-29(36-26(37-42)19-7-13-46-14-8-19)41(22)17-24(43)35-21-6-5-20(15-18(21)2)30(31,32)33/h5-7,15-16,44H,4,8-14,17H2,1-3H3,(H,35,43). The highest BCUT2D eigenvalue weighted by molar-refractivity contribution is 5.91. The Labute approximate surface area is 261 Å². The largest absolute Gasteiger partial charge is 0.492 e. The number of halogens is 3. The molecule has 1 amide bonds. The van der Waals surface area contributed by atoms with Crippen molar-refractivity contribution in [1.82, 2.24) is 28.9 Å². The zero-order valence-corrected chi connectivity index (χ0v) is 25.6. The molecule has 244 valence electrons. The molecule has 0 spiro atoms. The number of nitrogens with zero attached hydrogens (tertiary/aromatic N) is 8. The van der Waals surface area contributed by atoms with E-state index in [1.807, 2.05) is 22.8 Å². The molecule has 2 aliphatic heterocycles. The molecule has 1 aromatic carbocycles. The Hall–Kier alpha value is -4.86. The van der Waals surface area contributed by atoms with E-state index in [1.165, 1.54) is 22.2 Å². The van der Waals surface area contributed by atoms with Gasteiger partial charge in [0.1, 0.15) is 17.9 Å². The molecule has 16 heteroatoms. The summed E-state index contributed by atoms with van der Waals surface area (Å²) >= 11 is 0. The number of nitrogens with one attached hydrogen (secondary N) is 1. The average molecular weight is 642 g/mol. The van der Waals surface area contributed by atoms with Gasteiger partial charge in [0.15, 0.2) is 5.82 Å². The molecule has 0 bridgehead atoms. The third-order valence-corrected chi connectivity index (χ3v) is 8.37. The van der Waals surface area contributed by atoms with Crippen LogP contribution in [0.1, 0.15) is 36.0 Å². The maximum absolute atomic E-state index is 14.1. The van der Waals surface area contributed by atoms with Gasteiger partial charge >= 0.3 is 6.18 Å². The summed E-state index contributed by atoms with van der Waals surface area (Å²) in [5, 5.41) is 21.8. The molecule has 3 aromatic heterocycles. The summed E-state index contributed by atoms with van der Waals surface area (Å²) < 4.78 is 49.3. The van der Waals surface area contributed by atoms with Gasteiger partial charge in [-0.15, -0.1) is 5.10 Å². The number of carbonyl (C=O) groups excluding carboxylic acids is 1. The van der Waals surface area contributed by atoms with Crippen molar-refractivity contribution in [2.24, 2.45) is 7.05 Å². The fraction of sp³-hybridized carbons (Fsp3) is 0.433. The number of fused-ring (bicyclic) bond motifs is 1. The molecule has 2 N–H and O–H groups in total. The minimum Gasteiger partial charge on any atom is -0.492 e. The second-order valence-corrected chi connectivity index (χ2v) is 11.3. The maximum Gasteiger partial charge on any atom is 0.416 e. The van der Waals surface area contributed by atoms with E-state index in [0.717, 1.165) is 17.7 Å². The molecule has 0 atom stereocenters. The second kappa shape index (κ2) is 12.2. The molecule has 5 heterocycles. The Kier molecular flexibility index (Phi) is 8.22. The summed E-state index contributed by atoms with van der Waals surface area (Å²) in [7, 11) is 1.65. The number of alkyl halides is 3. The van der Waals surface area contributed by atoms with Crippen molar-refractivity contribution in [2.45, 2.75) is 39.4 Å². The van der Waals surface area contributed by atoms with E-state index in [9.17, 15) is 27.9 Å². The van der Waals surface area contributed by atoms with Crippen LogP contribution < -0.4 is 20.7 Å². The number of anilines is 3. The lowest BCUT2D eigenvalue weighted by Crippen LogP contribution is -2.49. The van der Waals surface area contributed by atoms with E-state index >= 15 is 0 Å². The minimum absolute atomic E-state index is 0.0540. The molecule has 0 unspecified atom stereocenters. The van der Waals surface area contributed by atoms with Crippen LogP contribution in [0.2, 0.25) is 0 Å². The number of aryl methyl sites for hydroxylation is 2. The van der Waals surface area contributed by atoms with Crippen molar-refractivity contribution in [1.29, 1.82) is 0 Å². The molecule has 2 aliphatic rings. The Morgan fingerprint density at radius 3 is 2.50 bits per heavy atom. The Balaban J connectivity index is 1.37. The van der Waals surface area contributed by atoms with Crippen molar-refractivity contribution < 1.29 is 27.8 Å². The summed E-state index contributed by atoms with van der Waals surface area (Å²) in [5.74, 6) is 0.106. The average Bonchev–Trinajstić information content (AvgIpc) is 3.63. The number of rotatable bonds is 7. The van der Waals surface area contributed by atoms with Crippen LogP contribution in [0.4, 0.5) is 30.2 Å². The summed E-state index contributed by atoms with van der Waals surface area (Å²) in [6, 6.07) is 3.14. The van der Waals surface area contributed by atoms with Crippen LogP contribution in [0.15, 0.2) is 35.3 Å². The van der Waals surface area contributed by atoms with Gasteiger partial charge in [0.05, 0.1) is 30.7 Å². The first-order valence-corrected chi connectivity index (χ1v) is 14.9. The fourth-order valence-electron chi connectivity index (χ4n) is 5.92. The van der Waals surface area contributed by atoms with Crippen LogP contribution in [0.3, 0.4) is 0 Å². The molecule has 0 radical (unpaired) electrons. The summed E-state index contributed by atoms with van der Waals surface area (Å²) in [5.41, 5.74) is 1.74. The minimum atomic E-state index is -4.50. The van der Waals surface area contributed by atoms with Crippen molar-refractivity contribution in [3.8, 4) is 5.88 Å². The van der Waals surface area contributed by atoms with Crippen molar-refractivity contribution in [3.05, 3.63) is 63.5 Å². The van der Waals surface area contributed by atoms with Gasteiger partial charge < -0.3 is 29.5 Å². The van der Waals surface area contributed by atoms with Crippen LogP contribution in [0.5, 0.6) is 5.88 Å². The zero-order valence-electron chi connectivity index (χ0n) is 25.6. The smallest absolute Gasteiger partial charge is 0.416 e. The summed E-state index contributed by atoms with van der Waals surface area (Å²) in [4.78, 5) is 36.2. The van der Waals surface area contributed by atoms with Gasteiger partial charge in [0, 0.05) is 38.9 Å². The van der Waals surface area contributed by atoms with E-state index < -0.39 is 17.6 Å². The lowest BCUT2D eigenvalue weighted by atomic mass is 10.1. The lowest BCUT2D eigenvalue weighted by molar-refractivity contribution is -0.137. The monoisotopic (exact) mass is 641 g/mol. The van der Waals surface area contributed by atoms with Gasteiger partial charge in [-0.3, -0.25) is 9.59 Å². The molecular formula is C30H34F3N9O4. The summed E-state index contributed by atoms with van der Waals surface area (Å²) in [6.07, 6.45) is -0.0931. The first-order valence-electron chi connectivity index (χ1n) is 14.9. The first-order chi connectivity index (χ1) is 22.0. The topological polar surface area (TPSA) is 135 Å². The number of ether oxygens (including phenoxy) is 1. The molecule has 0 saturated carbocycles. The van der Waals surface area contributed by atoms with Gasteiger partial charge in [-0.05, 0) is 49.1 Å². The SMILES string of the molecule is CCc1c(N2CCN(c3cnn(C)c3O)CC2)c(=O)n2nc(C3=CCOCC3)nc2n1CC(=O)Nc1ccc(C(F)(F)F)cc1C. The van der Waals surface area contributed by atoms with E-state index in [2.05, 4.69) is 15.5 Å². The number of amides is 1. The van der Waals surface area contributed by atoms with Crippen LogP contribution >= 0.6 is 0 Å². The van der Waals surface area contributed by atoms with E-state index in [-0.39, 0.29) is 35.0 Å². The van der Waals surface area contributed by atoms with Gasteiger partial charge in [0.25, 0.3) is 5.56 Å². The lowest BCUT2D eigenvalue weighted by Gasteiger charge is -2.37. The number of hydrogen-bond donors (Lipinski definition) is 2.